The maximum atomic E-state index is 12.7. The normalized spacial score (nSPS) is 11.8. The summed E-state index contributed by atoms with van der Waals surface area (Å²) in [6.45, 7) is 4.38. The minimum Gasteiger partial charge on any atom is -0.398 e. The predicted octanol–water partition coefficient (Wildman–Crippen LogP) is 2.79. The van der Waals surface area contributed by atoms with Crippen molar-refractivity contribution < 1.29 is 8.42 Å². The van der Waals surface area contributed by atoms with Crippen LogP contribution >= 0.6 is 0 Å². The highest BCUT2D eigenvalue weighted by molar-refractivity contribution is 7.89. The summed E-state index contributed by atoms with van der Waals surface area (Å²) in [6.07, 6.45) is 0. The Morgan fingerprint density at radius 2 is 1.81 bits per heavy atom. The van der Waals surface area contributed by atoms with Crippen LogP contribution in [-0.2, 0) is 16.6 Å². The van der Waals surface area contributed by atoms with Gasteiger partial charge in [-0.05, 0) is 36.2 Å². The number of benzene rings is 2. The molecule has 0 aromatic heterocycles. The smallest absolute Gasteiger partial charge is 0.243 e. The molecule has 0 amide bonds. The Hall–Kier alpha value is -1.85. The fourth-order valence-electron chi connectivity index (χ4n) is 2.16. The first-order valence-corrected chi connectivity index (χ1v) is 8.29. The molecule has 2 aromatic rings. The van der Waals surface area contributed by atoms with E-state index in [0.29, 0.717) is 17.1 Å². The van der Waals surface area contributed by atoms with Crippen LogP contribution in [-0.4, -0.2) is 19.3 Å². The second-order valence-electron chi connectivity index (χ2n) is 4.95. The van der Waals surface area contributed by atoms with Crippen LogP contribution in [0.1, 0.15) is 18.1 Å². The summed E-state index contributed by atoms with van der Waals surface area (Å²) in [5.74, 6) is 0. The fraction of sp³-hybridized carbons (Fsp3) is 0.250. The van der Waals surface area contributed by atoms with Crippen molar-refractivity contribution in [2.75, 3.05) is 12.3 Å². The van der Waals surface area contributed by atoms with E-state index in [1.807, 2.05) is 38.1 Å². The quantitative estimate of drug-likeness (QED) is 0.864. The van der Waals surface area contributed by atoms with Gasteiger partial charge >= 0.3 is 0 Å². The molecule has 0 unspecified atom stereocenters. The van der Waals surface area contributed by atoms with Gasteiger partial charge in [0.25, 0.3) is 0 Å². The van der Waals surface area contributed by atoms with Crippen LogP contribution in [0.25, 0.3) is 0 Å². The Balaban J connectivity index is 2.35. The third kappa shape index (κ3) is 3.43. The van der Waals surface area contributed by atoms with Crippen LogP contribution in [0.2, 0.25) is 0 Å². The zero-order valence-electron chi connectivity index (χ0n) is 12.3. The van der Waals surface area contributed by atoms with E-state index >= 15 is 0 Å². The fourth-order valence-corrected chi connectivity index (χ4v) is 3.69. The molecule has 5 heteroatoms. The first-order chi connectivity index (χ1) is 9.95. The topological polar surface area (TPSA) is 63.4 Å². The van der Waals surface area contributed by atoms with Gasteiger partial charge < -0.3 is 5.73 Å². The summed E-state index contributed by atoms with van der Waals surface area (Å²) in [4.78, 5) is 0.318. The van der Waals surface area contributed by atoms with E-state index in [1.54, 1.807) is 24.3 Å². The van der Waals surface area contributed by atoms with Crippen molar-refractivity contribution >= 4 is 15.7 Å². The number of rotatable bonds is 5. The second kappa shape index (κ2) is 6.28. The average Bonchev–Trinajstić information content (AvgIpc) is 2.46. The van der Waals surface area contributed by atoms with E-state index in [2.05, 4.69) is 0 Å². The Labute approximate surface area is 126 Å². The summed E-state index contributed by atoms with van der Waals surface area (Å²) in [5.41, 5.74) is 8.25. The third-order valence-electron chi connectivity index (χ3n) is 3.38. The lowest BCUT2D eigenvalue weighted by Gasteiger charge is -2.21. The lowest BCUT2D eigenvalue weighted by atomic mass is 10.2. The third-order valence-corrected chi connectivity index (χ3v) is 5.30. The highest BCUT2D eigenvalue weighted by Crippen LogP contribution is 2.21. The molecular formula is C16H20N2O2S. The van der Waals surface area contributed by atoms with Crippen LogP contribution < -0.4 is 5.73 Å². The standard InChI is InChI=1S/C16H20N2O2S/c1-3-18(12-14-8-4-5-10-16(14)17)21(19,20)15-9-6-7-13(2)11-15/h4-11H,3,12,17H2,1-2H3. The van der Waals surface area contributed by atoms with Gasteiger partial charge in [0.1, 0.15) is 0 Å². The lowest BCUT2D eigenvalue weighted by molar-refractivity contribution is 0.424. The van der Waals surface area contributed by atoms with Gasteiger partial charge in [0, 0.05) is 18.8 Å². The van der Waals surface area contributed by atoms with Crippen molar-refractivity contribution in [1.29, 1.82) is 0 Å². The van der Waals surface area contributed by atoms with Crippen molar-refractivity contribution in [2.24, 2.45) is 0 Å². The highest BCUT2D eigenvalue weighted by atomic mass is 32.2. The predicted molar refractivity (Wildman–Crippen MR) is 85.3 cm³/mol. The molecule has 2 N–H and O–H groups in total. The number of para-hydroxylation sites is 1. The molecule has 2 rings (SSSR count). The van der Waals surface area contributed by atoms with Gasteiger partial charge in [-0.25, -0.2) is 8.42 Å². The molecule has 0 aliphatic heterocycles. The number of nitrogens with zero attached hydrogens (tertiary/aromatic N) is 1. The van der Waals surface area contributed by atoms with Gasteiger partial charge in [-0.1, -0.05) is 37.3 Å². The molecule has 4 nitrogen and oxygen atoms in total. The van der Waals surface area contributed by atoms with Gasteiger partial charge in [0.2, 0.25) is 10.0 Å². The SMILES string of the molecule is CCN(Cc1ccccc1N)S(=O)(=O)c1cccc(C)c1. The van der Waals surface area contributed by atoms with Crippen molar-refractivity contribution in [3.05, 3.63) is 59.7 Å². The molecule has 0 fully saturated rings. The molecular weight excluding hydrogens is 284 g/mol. The first-order valence-electron chi connectivity index (χ1n) is 6.85. The van der Waals surface area contributed by atoms with E-state index in [4.69, 9.17) is 5.73 Å². The van der Waals surface area contributed by atoms with Crippen LogP contribution in [0.15, 0.2) is 53.4 Å². The monoisotopic (exact) mass is 304 g/mol. The summed E-state index contributed by atoms with van der Waals surface area (Å²) in [6, 6.07) is 14.3. The maximum absolute atomic E-state index is 12.7. The van der Waals surface area contributed by atoms with Crippen LogP contribution in [0, 0.1) is 6.92 Å². The van der Waals surface area contributed by atoms with Crippen LogP contribution in [0.5, 0.6) is 0 Å². The first kappa shape index (κ1) is 15.5. The Morgan fingerprint density at radius 3 is 2.43 bits per heavy atom. The largest absolute Gasteiger partial charge is 0.398 e. The molecule has 0 heterocycles. The molecule has 0 radical (unpaired) electrons. The number of aryl methyl sites for hydroxylation is 1. The average molecular weight is 304 g/mol. The van der Waals surface area contributed by atoms with E-state index < -0.39 is 10.0 Å². The second-order valence-corrected chi connectivity index (χ2v) is 6.88. The number of hydrogen-bond donors (Lipinski definition) is 1. The van der Waals surface area contributed by atoms with E-state index in [1.165, 1.54) is 4.31 Å². The summed E-state index contributed by atoms with van der Waals surface area (Å²) < 4.78 is 26.9. The zero-order valence-corrected chi connectivity index (χ0v) is 13.1. The Bertz CT molecular complexity index is 727. The van der Waals surface area contributed by atoms with Gasteiger partial charge in [-0.2, -0.15) is 4.31 Å². The van der Waals surface area contributed by atoms with E-state index in [-0.39, 0.29) is 6.54 Å². The molecule has 2 aromatic carbocycles. The van der Waals surface area contributed by atoms with Crippen molar-refractivity contribution in [3.63, 3.8) is 0 Å². The van der Waals surface area contributed by atoms with E-state index in [9.17, 15) is 8.42 Å². The zero-order chi connectivity index (χ0) is 15.5. The Kier molecular flexibility index (Phi) is 4.65. The molecule has 0 aliphatic rings. The maximum Gasteiger partial charge on any atom is 0.243 e. The number of sulfonamides is 1. The minimum absolute atomic E-state index is 0.277. The molecule has 0 bridgehead atoms. The lowest BCUT2D eigenvalue weighted by Crippen LogP contribution is -2.30. The van der Waals surface area contributed by atoms with Gasteiger partial charge in [0.05, 0.1) is 4.90 Å². The van der Waals surface area contributed by atoms with Crippen molar-refractivity contribution in [2.45, 2.75) is 25.3 Å². The molecule has 0 saturated heterocycles. The Morgan fingerprint density at radius 1 is 1.10 bits per heavy atom. The molecule has 0 saturated carbocycles. The highest BCUT2D eigenvalue weighted by Gasteiger charge is 2.23. The molecule has 0 atom stereocenters. The van der Waals surface area contributed by atoms with E-state index in [0.717, 1.165) is 11.1 Å². The number of anilines is 1. The molecule has 112 valence electrons. The molecule has 21 heavy (non-hydrogen) atoms. The van der Waals surface area contributed by atoms with Gasteiger partial charge in [-0.15, -0.1) is 0 Å². The summed E-state index contributed by atoms with van der Waals surface area (Å²) in [5, 5.41) is 0. The van der Waals surface area contributed by atoms with Gasteiger partial charge in [0.15, 0.2) is 0 Å². The van der Waals surface area contributed by atoms with Crippen molar-refractivity contribution in [3.8, 4) is 0 Å². The van der Waals surface area contributed by atoms with Crippen LogP contribution in [0.4, 0.5) is 5.69 Å². The summed E-state index contributed by atoms with van der Waals surface area (Å²) in [7, 11) is -3.51. The molecule has 0 spiro atoms. The number of nitrogen functional groups attached to an aromatic ring is 1. The minimum atomic E-state index is -3.51. The summed E-state index contributed by atoms with van der Waals surface area (Å²) >= 11 is 0. The number of nitrogens with two attached hydrogens (primary N) is 1. The molecule has 0 aliphatic carbocycles. The van der Waals surface area contributed by atoms with Crippen molar-refractivity contribution in [1.82, 2.24) is 4.31 Å². The number of hydrogen-bond acceptors (Lipinski definition) is 3. The van der Waals surface area contributed by atoms with Crippen LogP contribution in [0.3, 0.4) is 0 Å². The van der Waals surface area contributed by atoms with Gasteiger partial charge in [-0.3, -0.25) is 0 Å².